The van der Waals surface area contributed by atoms with Gasteiger partial charge >= 0.3 is 0 Å². The minimum atomic E-state index is -0.463. The molecule has 0 unspecified atom stereocenters. The van der Waals surface area contributed by atoms with Crippen LogP contribution in [0.4, 0.5) is 10.1 Å². The van der Waals surface area contributed by atoms with Gasteiger partial charge in [0.2, 0.25) is 0 Å². The predicted molar refractivity (Wildman–Crippen MR) is 65.3 cm³/mol. The van der Waals surface area contributed by atoms with Gasteiger partial charge in [-0.15, -0.1) is 0 Å². The Morgan fingerprint density at radius 2 is 2.33 bits per heavy atom. The van der Waals surface area contributed by atoms with Crippen molar-refractivity contribution in [3.8, 4) is 0 Å². The molecule has 0 radical (unpaired) electrons. The third kappa shape index (κ3) is 2.48. The molecule has 1 amide bonds. The first-order valence-electron chi connectivity index (χ1n) is 5.40. The average Bonchev–Trinajstić information content (AvgIpc) is 2.72. The molecule has 1 heterocycles. The van der Waals surface area contributed by atoms with Crippen LogP contribution in [0, 0.1) is 12.7 Å². The van der Waals surface area contributed by atoms with E-state index in [1.165, 1.54) is 12.1 Å². The molecule has 5 nitrogen and oxygen atoms in total. The van der Waals surface area contributed by atoms with Crippen molar-refractivity contribution in [3.63, 3.8) is 0 Å². The number of aryl methyl sites for hydroxylation is 1. The van der Waals surface area contributed by atoms with Crippen LogP contribution in [-0.4, -0.2) is 16.1 Å². The summed E-state index contributed by atoms with van der Waals surface area (Å²) in [4.78, 5) is 11.8. The van der Waals surface area contributed by atoms with Crippen LogP contribution in [0.15, 0.2) is 24.4 Å². The zero-order chi connectivity index (χ0) is 13.1. The lowest BCUT2D eigenvalue weighted by molar-refractivity contribution is 0.0952. The topological polar surface area (TPSA) is 83.8 Å². The van der Waals surface area contributed by atoms with Gasteiger partial charge in [-0.2, -0.15) is 5.10 Å². The normalized spacial score (nSPS) is 10.3. The minimum Gasteiger partial charge on any atom is -0.398 e. The summed E-state index contributed by atoms with van der Waals surface area (Å²) in [5, 5.41) is 9.33. The van der Waals surface area contributed by atoms with Crippen LogP contribution in [0.25, 0.3) is 0 Å². The van der Waals surface area contributed by atoms with Gasteiger partial charge in [-0.1, -0.05) is 0 Å². The maximum absolute atomic E-state index is 12.8. The van der Waals surface area contributed by atoms with E-state index in [4.69, 9.17) is 5.73 Å². The molecule has 2 rings (SSSR count). The number of nitrogens with two attached hydrogens (primary N) is 1. The number of amides is 1. The number of carbonyl (C=O) groups is 1. The van der Waals surface area contributed by atoms with Crippen LogP contribution >= 0.6 is 0 Å². The van der Waals surface area contributed by atoms with Crippen molar-refractivity contribution in [1.29, 1.82) is 0 Å². The average molecular weight is 248 g/mol. The number of halogens is 1. The number of rotatable bonds is 3. The Morgan fingerprint density at radius 3 is 2.94 bits per heavy atom. The molecule has 6 heteroatoms. The van der Waals surface area contributed by atoms with Crippen LogP contribution in [0.1, 0.15) is 21.6 Å². The number of hydrogen-bond donors (Lipinski definition) is 3. The van der Waals surface area contributed by atoms with Crippen molar-refractivity contribution in [2.75, 3.05) is 5.73 Å². The Bertz CT molecular complexity index is 579. The highest BCUT2D eigenvalue weighted by Gasteiger charge is 2.10. The van der Waals surface area contributed by atoms with Gasteiger partial charge in [0.25, 0.3) is 5.91 Å². The summed E-state index contributed by atoms with van der Waals surface area (Å²) in [5.41, 5.74) is 7.75. The van der Waals surface area contributed by atoms with E-state index in [2.05, 4.69) is 15.5 Å². The number of nitrogen functional groups attached to an aromatic ring is 1. The lowest BCUT2D eigenvalue weighted by Crippen LogP contribution is -2.24. The minimum absolute atomic E-state index is 0.122. The Hall–Kier alpha value is -2.37. The highest BCUT2D eigenvalue weighted by Crippen LogP contribution is 2.13. The van der Waals surface area contributed by atoms with Crippen molar-refractivity contribution in [2.45, 2.75) is 13.5 Å². The van der Waals surface area contributed by atoms with Gasteiger partial charge in [0, 0.05) is 23.5 Å². The van der Waals surface area contributed by atoms with Gasteiger partial charge in [-0.3, -0.25) is 9.89 Å². The largest absolute Gasteiger partial charge is 0.398 e. The highest BCUT2D eigenvalue weighted by atomic mass is 19.1. The Kier molecular flexibility index (Phi) is 3.27. The van der Waals surface area contributed by atoms with E-state index in [-0.39, 0.29) is 17.2 Å². The number of H-pyrrole nitrogens is 1. The molecule has 0 aliphatic rings. The second-order valence-corrected chi connectivity index (χ2v) is 3.93. The smallest absolute Gasteiger partial charge is 0.253 e. The molecule has 1 aromatic heterocycles. The molecule has 4 N–H and O–H groups in total. The van der Waals surface area contributed by atoms with E-state index in [9.17, 15) is 9.18 Å². The fraction of sp³-hybridized carbons (Fsp3) is 0.167. The van der Waals surface area contributed by atoms with E-state index >= 15 is 0 Å². The number of anilines is 1. The standard InChI is InChI=1S/C12H13FN4O/c1-7-8(6-16-17-7)5-15-12(18)10-3-2-9(13)4-11(10)14/h2-4,6H,5,14H2,1H3,(H,15,18)(H,16,17). The highest BCUT2D eigenvalue weighted by molar-refractivity contribution is 5.99. The fourth-order valence-corrected chi connectivity index (χ4v) is 1.56. The number of aromatic nitrogens is 2. The summed E-state index contributed by atoms with van der Waals surface area (Å²) in [5.74, 6) is -0.803. The van der Waals surface area contributed by atoms with Crippen molar-refractivity contribution < 1.29 is 9.18 Å². The van der Waals surface area contributed by atoms with Crippen molar-refractivity contribution in [2.24, 2.45) is 0 Å². The van der Waals surface area contributed by atoms with Crippen molar-refractivity contribution in [1.82, 2.24) is 15.5 Å². The zero-order valence-corrected chi connectivity index (χ0v) is 9.83. The van der Waals surface area contributed by atoms with Crippen LogP contribution in [0.5, 0.6) is 0 Å². The molecule has 1 aromatic carbocycles. The van der Waals surface area contributed by atoms with E-state index < -0.39 is 5.82 Å². The molecule has 0 bridgehead atoms. The summed E-state index contributed by atoms with van der Waals surface area (Å²) in [6.45, 7) is 2.21. The molecular formula is C12H13FN4O. The van der Waals surface area contributed by atoms with Crippen LogP contribution < -0.4 is 11.1 Å². The first kappa shape index (κ1) is 12.1. The van der Waals surface area contributed by atoms with Gasteiger partial charge < -0.3 is 11.1 Å². The third-order valence-electron chi connectivity index (χ3n) is 2.63. The molecule has 0 spiro atoms. The summed E-state index contributed by atoms with van der Waals surface area (Å²) in [7, 11) is 0. The number of carbonyl (C=O) groups excluding carboxylic acids is 1. The monoisotopic (exact) mass is 248 g/mol. The molecule has 0 aliphatic heterocycles. The number of nitrogens with one attached hydrogen (secondary N) is 2. The van der Waals surface area contributed by atoms with Crippen LogP contribution in [0.2, 0.25) is 0 Å². The van der Waals surface area contributed by atoms with Gasteiger partial charge in [0.1, 0.15) is 5.82 Å². The molecule has 0 fully saturated rings. The van der Waals surface area contributed by atoms with Crippen LogP contribution in [0.3, 0.4) is 0 Å². The summed E-state index contributed by atoms with van der Waals surface area (Å²) in [6.07, 6.45) is 1.64. The molecule has 0 saturated carbocycles. The van der Waals surface area contributed by atoms with Gasteiger partial charge in [0.05, 0.1) is 11.8 Å². The number of aromatic amines is 1. The van der Waals surface area contributed by atoms with Gasteiger partial charge in [-0.05, 0) is 25.1 Å². The molecule has 0 saturated heterocycles. The number of hydrogen-bond acceptors (Lipinski definition) is 3. The summed E-state index contributed by atoms with van der Waals surface area (Å²) < 4.78 is 12.8. The van der Waals surface area contributed by atoms with E-state index in [0.717, 1.165) is 17.3 Å². The molecule has 18 heavy (non-hydrogen) atoms. The quantitative estimate of drug-likeness (QED) is 0.717. The lowest BCUT2D eigenvalue weighted by Gasteiger charge is -2.07. The van der Waals surface area contributed by atoms with Gasteiger partial charge in [0.15, 0.2) is 0 Å². The molecule has 0 aliphatic carbocycles. The van der Waals surface area contributed by atoms with Crippen molar-refractivity contribution in [3.05, 3.63) is 47.0 Å². The molecule has 0 atom stereocenters. The summed E-state index contributed by atoms with van der Waals surface area (Å²) in [6, 6.07) is 3.69. The predicted octanol–water partition coefficient (Wildman–Crippen LogP) is 1.37. The second-order valence-electron chi connectivity index (χ2n) is 3.93. The first-order valence-corrected chi connectivity index (χ1v) is 5.40. The van der Waals surface area contributed by atoms with Crippen molar-refractivity contribution >= 4 is 11.6 Å². The number of benzene rings is 1. The van der Waals surface area contributed by atoms with E-state index in [0.29, 0.717) is 6.54 Å². The maximum atomic E-state index is 12.8. The fourth-order valence-electron chi connectivity index (χ4n) is 1.56. The Balaban J connectivity index is 2.06. The molecule has 2 aromatic rings. The second kappa shape index (κ2) is 4.87. The SMILES string of the molecule is Cc1[nH]ncc1CNC(=O)c1ccc(F)cc1N. The third-order valence-corrected chi connectivity index (χ3v) is 2.63. The van der Waals surface area contributed by atoms with E-state index in [1.54, 1.807) is 6.20 Å². The maximum Gasteiger partial charge on any atom is 0.253 e. The number of nitrogens with zero attached hydrogens (tertiary/aromatic N) is 1. The Morgan fingerprint density at radius 1 is 1.56 bits per heavy atom. The Labute approximate surface area is 103 Å². The first-order chi connectivity index (χ1) is 8.58. The van der Waals surface area contributed by atoms with Gasteiger partial charge in [-0.25, -0.2) is 4.39 Å². The lowest BCUT2D eigenvalue weighted by atomic mass is 10.1. The van der Waals surface area contributed by atoms with Crippen LogP contribution in [-0.2, 0) is 6.54 Å². The zero-order valence-electron chi connectivity index (χ0n) is 9.83. The molecular weight excluding hydrogens is 235 g/mol. The summed E-state index contributed by atoms with van der Waals surface area (Å²) >= 11 is 0. The molecule has 94 valence electrons. The van der Waals surface area contributed by atoms with E-state index in [1.807, 2.05) is 6.92 Å².